The summed E-state index contributed by atoms with van der Waals surface area (Å²) in [7, 11) is 0. The Labute approximate surface area is 167 Å². The van der Waals surface area contributed by atoms with Crippen molar-refractivity contribution in [1.29, 1.82) is 0 Å². The van der Waals surface area contributed by atoms with Crippen LogP contribution in [0.3, 0.4) is 0 Å². The van der Waals surface area contributed by atoms with Gasteiger partial charge in [-0.15, -0.1) is 0 Å². The van der Waals surface area contributed by atoms with Crippen molar-refractivity contribution in [3.05, 3.63) is 80.7 Å². The number of aromatic nitrogens is 2. The highest BCUT2D eigenvalue weighted by atomic mass is 32.2. The number of carbonyl (C=O) groups excluding carboxylic acids is 1. The van der Waals surface area contributed by atoms with E-state index < -0.39 is 11.4 Å². The summed E-state index contributed by atoms with van der Waals surface area (Å²) >= 11 is 1.37. The molecule has 0 aliphatic carbocycles. The molecule has 28 heavy (non-hydrogen) atoms. The summed E-state index contributed by atoms with van der Waals surface area (Å²) in [5.74, 6) is 0.109. The van der Waals surface area contributed by atoms with E-state index in [1.165, 1.54) is 24.1 Å². The maximum absolute atomic E-state index is 12.3. The number of benzene rings is 1. The van der Waals surface area contributed by atoms with Crippen molar-refractivity contribution >= 4 is 17.7 Å². The lowest BCUT2D eigenvalue weighted by Gasteiger charge is -2.06. The number of carbonyl (C=O) groups is 1. The highest BCUT2D eigenvalue weighted by Crippen LogP contribution is 2.20. The molecule has 6 nitrogen and oxygen atoms in total. The molecule has 7 heteroatoms. The van der Waals surface area contributed by atoms with Crippen LogP contribution in [0.1, 0.15) is 38.6 Å². The molecular weight excluding hydrogens is 376 g/mol. The van der Waals surface area contributed by atoms with E-state index >= 15 is 0 Å². The van der Waals surface area contributed by atoms with Crippen LogP contribution in [0.4, 0.5) is 0 Å². The van der Waals surface area contributed by atoms with Gasteiger partial charge in [0.05, 0.1) is 11.3 Å². The van der Waals surface area contributed by atoms with E-state index in [-0.39, 0.29) is 5.75 Å². The van der Waals surface area contributed by atoms with E-state index in [0.29, 0.717) is 22.2 Å². The molecule has 1 aromatic carbocycles. The highest BCUT2D eigenvalue weighted by Gasteiger charge is 2.14. The average Bonchev–Trinajstić information content (AvgIpc) is 2.60. The van der Waals surface area contributed by atoms with Gasteiger partial charge in [0.25, 0.3) is 0 Å². The third-order valence-electron chi connectivity index (χ3n) is 3.82. The van der Waals surface area contributed by atoms with Crippen molar-refractivity contribution in [2.75, 3.05) is 0 Å². The van der Waals surface area contributed by atoms with Crippen LogP contribution < -0.4 is 10.2 Å². The van der Waals surface area contributed by atoms with Crippen molar-refractivity contribution in [2.24, 2.45) is 0 Å². The summed E-state index contributed by atoms with van der Waals surface area (Å²) < 4.78 is 10.7. The topological polar surface area (TPSA) is 82.3 Å². The van der Waals surface area contributed by atoms with E-state index in [1.54, 1.807) is 12.1 Å². The molecule has 0 amide bonds. The molecule has 0 spiro atoms. The van der Waals surface area contributed by atoms with Crippen LogP contribution in [-0.2, 0) is 5.75 Å². The zero-order valence-electron chi connectivity index (χ0n) is 16.1. The summed E-state index contributed by atoms with van der Waals surface area (Å²) in [6, 6.07) is 8.59. The van der Waals surface area contributed by atoms with Crippen LogP contribution in [-0.4, -0.2) is 15.9 Å². The van der Waals surface area contributed by atoms with Gasteiger partial charge in [0.1, 0.15) is 12.0 Å². The van der Waals surface area contributed by atoms with Crippen LogP contribution in [0.5, 0.6) is 5.75 Å². The number of aryl methyl sites for hydroxylation is 4. The molecule has 0 fully saturated rings. The second-order valence-corrected chi connectivity index (χ2v) is 7.51. The number of nitrogens with zero attached hydrogens (tertiary/aromatic N) is 2. The molecule has 0 atom stereocenters. The molecule has 3 aromatic rings. The molecule has 2 aromatic heterocycles. The first-order chi connectivity index (χ1) is 13.3. The maximum atomic E-state index is 12.3. The Bertz CT molecular complexity index is 1050. The fourth-order valence-corrected chi connectivity index (χ4v) is 3.57. The molecule has 0 bridgehead atoms. The molecule has 0 unspecified atom stereocenters. The van der Waals surface area contributed by atoms with Crippen LogP contribution in [0.25, 0.3) is 0 Å². The third-order valence-corrected chi connectivity index (χ3v) is 4.69. The first-order valence-corrected chi connectivity index (χ1v) is 9.66. The van der Waals surface area contributed by atoms with Gasteiger partial charge in [-0.05, 0) is 45.9 Å². The molecule has 0 aliphatic rings. The lowest BCUT2D eigenvalue weighted by atomic mass is 10.1. The fourth-order valence-electron chi connectivity index (χ4n) is 2.73. The Hall–Kier alpha value is -2.93. The molecular formula is C21H20N2O4S. The second kappa shape index (κ2) is 8.39. The van der Waals surface area contributed by atoms with Crippen LogP contribution >= 0.6 is 11.8 Å². The fraction of sp³-hybridized carbons (Fsp3) is 0.238. The number of thioether (sulfide) groups is 1. The molecule has 3 rings (SSSR count). The van der Waals surface area contributed by atoms with Gasteiger partial charge in [-0.25, -0.2) is 14.8 Å². The van der Waals surface area contributed by atoms with Gasteiger partial charge in [-0.3, -0.25) is 4.79 Å². The predicted molar refractivity (Wildman–Crippen MR) is 107 cm³/mol. The predicted octanol–water partition coefficient (Wildman–Crippen LogP) is 4.17. The molecule has 0 aliphatic heterocycles. The average molecular weight is 396 g/mol. The van der Waals surface area contributed by atoms with Crippen molar-refractivity contribution in [1.82, 2.24) is 9.97 Å². The summed E-state index contributed by atoms with van der Waals surface area (Å²) in [6.07, 6.45) is 1.17. The number of rotatable bonds is 5. The van der Waals surface area contributed by atoms with E-state index in [2.05, 4.69) is 9.97 Å². The second-order valence-electron chi connectivity index (χ2n) is 6.56. The van der Waals surface area contributed by atoms with Gasteiger partial charge in [-0.1, -0.05) is 29.0 Å². The molecule has 2 heterocycles. The molecule has 144 valence electrons. The Morgan fingerprint density at radius 1 is 1.00 bits per heavy atom. The summed E-state index contributed by atoms with van der Waals surface area (Å²) in [5, 5.41) is 0.616. The quantitative estimate of drug-likeness (QED) is 0.363. The van der Waals surface area contributed by atoms with E-state index in [4.69, 9.17) is 9.15 Å². The van der Waals surface area contributed by atoms with Crippen molar-refractivity contribution in [3.8, 4) is 5.75 Å². The van der Waals surface area contributed by atoms with Gasteiger partial charge in [-0.2, -0.15) is 0 Å². The lowest BCUT2D eigenvalue weighted by molar-refractivity contribution is 0.0728. The minimum absolute atomic E-state index is 0.138. The van der Waals surface area contributed by atoms with Gasteiger partial charge in [0.2, 0.25) is 11.2 Å². The van der Waals surface area contributed by atoms with Gasteiger partial charge in [0.15, 0.2) is 5.16 Å². The van der Waals surface area contributed by atoms with Crippen molar-refractivity contribution in [3.63, 3.8) is 0 Å². The number of esters is 1. The first kappa shape index (κ1) is 19.8. The molecule has 0 saturated heterocycles. The summed E-state index contributed by atoms with van der Waals surface area (Å²) in [4.78, 5) is 33.3. The van der Waals surface area contributed by atoms with Gasteiger partial charge in [0, 0.05) is 17.5 Å². The zero-order valence-corrected chi connectivity index (χ0v) is 16.9. The Balaban J connectivity index is 1.70. The van der Waals surface area contributed by atoms with Crippen molar-refractivity contribution in [2.45, 2.75) is 38.6 Å². The monoisotopic (exact) mass is 396 g/mol. The number of hydrogen-bond donors (Lipinski definition) is 0. The SMILES string of the molecule is Cc1cc(C)cc(C(=O)Oc2coc(CSc3nc(C)cc(C)n3)cc2=O)c1. The molecule has 0 saturated carbocycles. The number of hydrogen-bond acceptors (Lipinski definition) is 7. The molecule has 0 N–H and O–H groups in total. The molecule has 0 radical (unpaired) electrons. The van der Waals surface area contributed by atoms with Crippen LogP contribution in [0.2, 0.25) is 0 Å². The zero-order chi connectivity index (χ0) is 20.3. The third kappa shape index (κ3) is 5.07. The van der Waals surface area contributed by atoms with Gasteiger partial charge < -0.3 is 9.15 Å². The first-order valence-electron chi connectivity index (χ1n) is 8.67. The van der Waals surface area contributed by atoms with Crippen molar-refractivity contribution < 1.29 is 13.9 Å². The van der Waals surface area contributed by atoms with Crippen LogP contribution in [0.15, 0.2) is 51.0 Å². The normalized spacial score (nSPS) is 10.7. The standard InChI is InChI=1S/C21H20N2O4S/c1-12-5-13(2)7-16(6-12)20(25)27-19-10-26-17(9-18(19)24)11-28-21-22-14(3)8-15(4)23-21/h5-10H,11H2,1-4H3. The lowest BCUT2D eigenvalue weighted by Crippen LogP contribution is -2.15. The summed E-state index contributed by atoms with van der Waals surface area (Å²) in [5.41, 5.74) is 3.62. The summed E-state index contributed by atoms with van der Waals surface area (Å²) in [6.45, 7) is 7.59. The largest absolute Gasteiger partial charge is 0.464 e. The Morgan fingerprint density at radius 3 is 2.25 bits per heavy atom. The smallest absolute Gasteiger partial charge is 0.343 e. The minimum atomic E-state index is -0.593. The Morgan fingerprint density at radius 2 is 1.64 bits per heavy atom. The number of ether oxygens (including phenoxy) is 1. The minimum Gasteiger partial charge on any atom is -0.464 e. The van der Waals surface area contributed by atoms with Crippen LogP contribution in [0, 0.1) is 27.7 Å². The van der Waals surface area contributed by atoms with E-state index in [1.807, 2.05) is 39.8 Å². The Kier molecular flexibility index (Phi) is 5.94. The maximum Gasteiger partial charge on any atom is 0.343 e. The van der Waals surface area contributed by atoms with Gasteiger partial charge >= 0.3 is 5.97 Å². The van der Waals surface area contributed by atoms with E-state index in [0.717, 1.165) is 22.5 Å². The van der Waals surface area contributed by atoms with E-state index in [9.17, 15) is 9.59 Å². The highest BCUT2D eigenvalue weighted by molar-refractivity contribution is 7.98.